The first-order chi connectivity index (χ1) is 8.66. The summed E-state index contributed by atoms with van der Waals surface area (Å²) >= 11 is 0. The highest BCUT2D eigenvalue weighted by Crippen LogP contribution is 2.19. The predicted octanol–water partition coefficient (Wildman–Crippen LogP) is 1.85. The highest BCUT2D eigenvalue weighted by atomic mass is 16.6. The fourth-order valence-electron chi connectivity index (χ4n) is 2.15. The zero-order chi connectivity index (χ0) is 13.0. The number of aryl methyl sites for hydroxylation is 1. The van der Waals surface area contributed by atoms with Crippen LogP contribution in [0.5, 0.6) is 0 Å². The van der Waals surface area contributed by atoms with Crippen molar-refractivity contribution in [1.29, 1.82) is 0 Å². The van der Waals surface area contributed by atoms with E-state index in [2.05, 4.69) is 15.6 Å². The van der Waals surface area contributed by atoms with E-state index in [1.807, 2.05) is 6.92 Å². The first-order valence-corrected chi connectivity index (χ1v) is 6.25. The molecule has 0 amide bonds. The summed E-state index contributed by atoms with van der Waals surface area (Å²) in [6, 6.07) is 1.90. The van der Waals surface area contributed by atoms with Gasteiger partial charge in [0.2, 0.25) is 0 Å². The van der Waals surface area contributed by atoms with Gasteiger partial charge in [0.15, 0.2) is 0 Å². The molecule has 0 aliphatic carbocycles. The minimum Gasteiger partial charge on any atom is -0.366 e. The number of hydrogen-bond acceptors (Lipinski definition) is 5. The second-order valence-electron chi connectivity index (χ2n) is 4.66. The van der Waals surface area contributed by atoms with Gasteiger partial charge < -0.3 is 10.6 Å². The summed E-state index contributed by atoms with van der Waals surface area (Å²) in [4.78, 5) is 14.4. The van der Waals surface area contributed by atoms with Crippen molar-refractivity contribution >= 4 is 11.5 Å². The van der Waals surface area contributed by atoms with Crippen LogP contribution in [0.15, 0.2) is 12.3 Å². The van der Waals surface area contributed by atoms with Gasteiger partial charge >= 0.3 is 0 Å². The Labute approximate surface area is 106 Å². The number of rotatable bonds is 3. The van der Waals surface area contributed by atoms with Crippen molar-refractivity contribution in [3.8, 4) is 0 Å². The van der Waals surface area contributed by atoms with E-state index in [1.165, 1.54) is 19.0 Å². The first kappa shape index (κ1) is 12.8. The standard InChI is InChI=1S/C12H18N4O2/c1-9-6-11(16(17)18)8-14-12(9)15-10-4-2-3-5-13-7-10/h6,8,10,13H,2-5,7H2,1H3,(H,14,15). The van der Waals surface area contributed by atoms with Gasteiger partial charge in [0.05, 0.1) is 4.92 Å². The SMILES string of the molecule is Cc1cc([N+](=O)[O-])cnc1NC1CCCCNC1. The smallest absolute Gasteiger partial charge is 0.287 e. The summed E-state index contributed by atoms with van der Waals surface area (Å²) < 4.78 is 0. The fourth-order valence-corrected chi connectivity index (χ4v) is 2.15. The molecule has 1 aliphatic rings. The molecule has 0 radical (unpaired) electrons. The number of nitrogens with one attached hydrogen (secondary N) is 2. The maximum absolute atomic E-state index is 10.6. The van der Waals surface area contributed by atoms with Gasteiger partial charge in [0, 0.05) is 18.7 Å². The molecule has 1 fully saturated rings. The van der Waals surface area contributed by atoms with Crippen LogP contribution in [0.25, 0.3) is 0 Å². The summed E-state index contributed by atoms with van der Waals surface area (Å²) in [5, 5.41) is 17.4. The second kappa shape index (κ2) is 5.77. The van der Waals surface area contributed by atoms with Crippen LogP contribution in [0.2, 0.25) is 0 Å². The van der Waals surface area contributed by atoms with Crippen LogP contribution in [0.3, 0.4) is 0 Å². The molecule has 2 heterocycles. The Morgan fingerprint density at radius 2 is 2.39 bits per heavy atom. The maximum atomic E-state index is 10.6. The highest BCUT2D eigenvalue weighted by molar-refractivity contribution is 5.48. The fraction of sp³-hybridized carbons (Fsp3) is 0.583. The molecule has 2 rings (SSSR count). The summed E-state index contributed by atoms with van der Waals surface area (Å²) in [7, 11) is 0. The number of aromatic nitrogens is 1. The van der Waals surface area contributed by atoms with Crippen molar-refractivity contribution in [1.82, 2.24) is 10.3 Å². The van der Waals surface area contributed by atoms with Crippen molar-refractivity contribution < 1.29 is 4.92 Å². The molecule has 6 nitrogen and oxygen atoms in total. The molecule has 98 valence electrons. The lowest BCUT2D eigenvalue weighted by atomic mass is 10.1. The van der Waals surface area contributed by atoms with E-state index in [0.29, 0.717) is 6.04 Å². The van der Waals surface area contributed by atoms with E-state index in [0.717, 1.165) is 30.9 Å². The molecular formula is C12H18N4O2. The molecular weight excluding hydrogens is 232 g/mol. The Hall–Kier alpha value is -1.69. The molecule has 1 aliphatic heterocycles. The van der Waals surface area contributed by atoms with Gasteiger partial charge in [-0.2, -0.15) is 0 Å². The number of pyridine rings is 1. The highest BCUT2D eigenvalue weighted by Gasteiger charge is 2.15. The lowest BCUT2D eigenvalue weighted by Crippen LogP contribution is -2.31. The molecule has 1 saturated heterocycles. The van der Waals surface area contributed by atoms with Gasteiger partial charge in [-0.25, -0.2) is 4.98 Å². The van der Waals surface area contributed by atoms with Crippen molar-refractivity contribution in [2.75, 3.05) is 18.4 Å². The number of anilines is 1. The molecule has 0 spiro atoms. The topological polar surface area (TPSA) is 80.1 Å². The van der Waals surface area contributed by atoms with Crippen LogP contribution in [0.4, 0.5) is 11.5 Å². The molecule has 0 bridgehead atoms. The van der Waals surface area contributed by atoms with E-state index in [-0.39, 0.29) is 5.69 Å². The average molecular weight is 250 g/mol. The van der Waals surface area contributed by atoms with E-state index < -0.39 is 4.92 Å². The van der Waals surface area contributed by atoms with Crippen molar-refractivity contribution in [3.05, 3.63) is 27.9 Å². The molecule has 1 aromatic heterocycles. The molecule has 2 N–H and O–H groups in total. The summed E-state index contributed by atoms with van der Waals surface area (Å²) in [6.45, 7) is 3.81. The Bertz CT molecular complexity index is 428. The van der Waals surface area contributed by atoms with Gasteiger partial charge in [-0.3, -0.25) is 10.1 Å². The van der Waals surface area contributed by atoms with Crippen LogP contribution >= 0.6 is 0 Å². The Morgan fingerprint density at radius 1 is 1.56 bits per heavy atom. The van der Waals surface area contributed by atoms with Gasteiger partial charge in [-0.15, -0.1) is 0 Å². The lowest BCUT2D eigenvalue weighted by Gasteiger charge is -2.18. The Balaban J connectivity index is 2.06. The van der Waals surface area contributed by atoms with Crippen LogP contribution in [0, 0.1) is 17.0 Å². The van der Waals surface area contributed by atoms with Crippen LogP contribution in [-0.2, 0) is 0 Å². The number of nitrogens with zero attached hydrogens (tertiary/aromatic N) is 2. The van der Waals surface area contributed by atoms with E-state index in [4.69, 9.17) is 0 Å². The van der Waals surface area contributed by atoms with Crippen molar-refractivity contribution in [2.24, 2.45) is 0 Å². The van der Waals surface area contributed by atoms with Crippen LogP contribution < -0.4 is 10.6 Å². The summed E-state index contributed by atoms with van der Waals surface area (Å²) in [5.41, 5.74) is 0.852. The van der Waals surface area contributed by atoms with E-state index in [1.54, 1.807) is 6.07 Å². The molecule has 18 heavy (non-hydrogen) atoms. The zero-order valence-corrected chi connectivity index (χ0v) is 10.5. The lowest BCUT2D eigenvalue weighted by molar-refractivity contribution is -0.385. The minimum absolute atomic E-state index is 0.0389. The van der Waals surface area contributed by atoms with E-state index >= 15 is 0 Å². The average Bonchev–Trinajstić information content (AvgIpc) is 2.60. The van der Waals surface area contributed by atoms with E-state index in [9.17, 15) is 10.1 Å². The predicted molar refractivity (Wildman–Crippen MR) is 69.8 cm³/mol. The molecule has 0 aromatic carbocycles. The van der Waals surface area contributed by atoms with Crippen molar-refractivity contribution in [2.45, 2.75) is 32.2 Å². The molecule has 1 aromatic rings. The van der Waals surface area contributed by atoms with Crippen LogP contribution in [0.1, 0.15) is 24.8 Å². The van der Waals surface area contributed by atoms with Gasteiger partial charge in [-0.1, -0.05) is 6.42 Å². The largest absolute Gasteiger partial charge is 0.366 e. The third kappa shape index (κ3) is 3.16. The van der Waals surface area contributed by atoms with Crippen LogP contribution in [-0.4, -0.2) is 29.0 Å². The zero-order valence-electron chi connectivity index (χ0n) is 10.5. The summed E-state index contributed by atoms with van der Waals surface area (Å²) in [6.07, 6.45) is 4.80. The molecule has 1 atom stereocenters. The second-order valence-corrected chi connectivity index (χ2v) is 4.66. The van der Waals surface area contributed by atoms with Crippen molar-refractivity contribution in [3.63, 3.8) is 0 Å². The minimum atomic E-state index is -0.420. The summed E-state index contributed by atoms with van der Waals surface area (Å²) in [5.74, 6) is 0.745. The number of nitro groups is 1. The Morgan fingerprint density at radius 3 is 3.11 bits per heavy atom. The molecule has 0 saturated carbocycles. The maximum Gasteiger partial charge on any atom is 0.287 e. The Kier molecular flexibility index (Phi) is 4.09. The monoisotopic (exact) mass is 250 g/mol. The quantitative estimate of drug-likeness (QED) is 0.632. The van der Waals surface area contributed by atoms with Gasteiger partial charge in [0.1, 0.15) is 12.0 Å². The van der Waals surface area contributed by atoms with Gasteiger partial charge in [-0.05, 0) is 31.9 Å². The molecule has 1 unspecified atom stereocenters. The molecule has 6 heteroatoms. The first-order valence-electron chi connectivity index (χ1n) is 6.25. The third-order valence-electron chi connectivity index (χ3n) is 3.16. The normalized spacial score (nSPS) is 20.2. The van der Waals surface area contributed by atoms with Gasteiger partial charge in [0.25, 0.3) is 5.69 Å². The third-order valence-corrected chi connectivity index (χ3v) is 3.16. The number of hydrogen-bond donors (Lipinski definition) is 2.